The van der Waals surface area contributed by atoms with Gasteiger partial charge in [0.25, 0.3) is 10.0 Å². The lowest BCUT2D eigenvalue weighted by Crippen LogP contribution is -2.12. The average Bonchev–Trinajstić information content (AvgIpc) is 2.84. The Morgan fingerprint density at radius 2 is 1.76 bits per heavy atom. The third-order valence-electron chi connectivity index (χ3n) is 2.50. The van der Waals surface area contributed by atoms with E-state index in [-0.39, 0.29) is 4.21 Å². The minimum Gasteiger partial charge on any atom is -0.315 e. The molecule has 1 aromatic heterocycles. The summed E-state index contributed by atoms with van der Waals surface area (Å²) >= 11 is 11.3. The number of benzene rings is 1. The Bertz CT molecular complexity index is 737. The van der Waals surface area contributed by atoms with Crippen LogP contribution in [0.1, 0.15) is 4.88 Å². The summed E-state index contributed by atoms with van der Waals surface area (Å²) in [7, 11) is -1.78. The van der Waals surface area contributed by atoms with Gasteiger partial charge < -0.3 is 5.32 Å². The van der Waals surface area contributed by atoms with Gasteiger partial charge in [0.1, 0.15) is 4.21 Å². The summed E-state index contributed by atoms with van der Waals surface area (Å²) in [6.45, 7) is 0.645. The van der Waals surface area contributed by atoms with Crippen LogP contribution in [0.5, 0.6) is 0 Å². The second kappa shape index (κ2) is 7.10. The van der Waals surface area contributed by atoms with Crippen molar-refractivity contribution in [2.45, 2.75) is 10.8 Å². The van der Waals surface area contributed by atoms with E-state index in [0.717, 1.165) is 9.35 Å². The Hall–Kier alpha value is 0.0700. The molecule has 0 amide bonds. The van der Waals surface area contributed by atoms with E-state index in [1.165, 1.54) is 11.3 Å². The summed E-state index contributed by atoms with van der Waals surface area (Å²) in [5.74, 6) is 0. The van der Waals surface area contributed by atoms with Crippen LogP contribution in [0.25, 0.3) is 0 Å². The second-order valence-corrected chi connectivity index (χ2v) is 9.80. The molecule has 4 nitrogen and oxygen atoms in total. The van der Waals surface area contributed by atoms with Crippen molar-refractivity contribution in [3.05, 3.63) is 42.6 Å². The zero-order chi connectivity index (χ0) is 15.6. The largest absolute Gasteiger partial charge is 0.315 e. The lowest BCUT2D eigenvalue weighted by Gasteiger charge is -2.11. The van der Waals surface area contributed by atoms with Gasteiger partial charge in [-0.25, -0.2) is 8.42 Å². The van der Waals surface area contributed by atoms with Gasteiger partial charge in [-0.1, -0.05) is 15.9 Å². The molecular weight excluding hydrogens is 508 g/mol. The molecule has 0 atom stereocenters. The van der Waals surface area contributed by atoms with Crippen LogP contribution in [0.2, 0.25) is 0 Å². The van der Waals surface area contributed by atoms with Crippen molar-refractivity contribution in [3.8, 4) is 0 Å². The second-order valence-electron chi connectivity index (χ2n) is 4.10. The summed E-state index contributed by atoms with van der Waals surface area (Å²) < 4.78 is 29.9. The van der Waals surface area contributed by atoms with E-state index in [1.54, 1.807) is 24.3 Å². The van der Waals surface area contributed by atoms with Gasteiger partial charge in [0.05, 0.1) is 5.69 Å². The maximum atomic E-state index is 12.4. The molecule has 0 spiro atoms. The summed E-state index contributed by atoms with van der Waals surface area (Å²) in [4.78, 5) is 0.965. The van der Waals surface area contributed by atoms with E-state index in [0.29, 0.717) is 21.2 Å². The van der Waals surface area contributed by atoms with Gasteiger partial charge in [-0.05, 0) is 63.2 Å². The number of sulfonamides is 1. The van der Waals surface area contributed by atoms with Gasteiger partial charge in [-0.3, -0.25) is 4.72 Å². The molecule has 0 fully saturated rings. The van der Waals surface area contributed by atoms with Gasteiger partial charge in [0, 0.05) is 24.8 Å². The molecule has 2 N–H and O–H groups in total. The molecular formula is C12H11Br3N2O2S2. The number of hydrogen-bond acceptors (Lipinski definition) is 4. The first-order chi connectivity index (χ1) is 9.83. The first kappa shape index (κ1) is 17.4. The summed E-state index contributed by atoms with van der Waals surface area (Å²) in [6, 6.07) is 6.98. The van der Waals surface area contributed by atoms with Gasteiger partial charge in [-0.2, -0.15) is 0 Å². The van der Waals surface area contributed by atoms with Crippen LogP contribution in [0, 0.1) is 0 Å². The molecule has 1 heterocycles. The zero-order valence-corrected chi connectivity index (χ0v) is 17.2. The molecule has 9 heteroatoms. The zero-order valence-electron chi connectivity index (χ0n) is 10.8. The SMILES string of the molecule is CNCc1ccc(S(=O)(=O)Nc2c(Br)cc(Br)cc2Br)s1. The minimum absolute atomic E-state index is 0.287. The fourth-order valence-electron chi connectivity index (χ4n) is 1.60. The van der Waals surface area contributed by atoms with E-state index in [1.807, 2.05) is 7.05 Å². The van der Waals surface area contributed by atoms with E-state index >= 15 is 0 Å². The molecule has 0 aliphatic heterocycles. The lowest BCUT2D eigenvalue weighted by atomic mass is 10.3. The Morgan fingerprint density at radius 1 is 1.14 bits per heavy atom. The molecule has 0 aliphatic rings. The van der Waals surface area contributed by atoms with E-state index < -0.39 is 10.0 Å². The van der Waals surface area contributed by atoms with Crippen LogP contribution in [-0.2, 0) is 16.6 Å². The quantitative estimate of drug-likeness (QED) is 0.610. The van der Waals surface area contributed by atoms with E-state index in [2.05, 4.69) is 57.8 Å². The number of nitrogens with one attached hydrogen (secondary N) is 2. The fraction of sp³-hybridized carbons (Fsp3) is 0.167. The lowest BCUT2D eigenvalue weighted by molar-refractivity contribution is 0.603. The van der Waals surface area contributed by atoms with Gasteiger partial charge in [-0.15, -0.1) is 11.3 Å². The molecule has 21 heavy (non-hydrogen) atoms. The normalized spacial score (nSPS) is 11.6. The standard InChI is InChI=1S/C12H11Br3N2O2S2/c1-16-6-8-2-3-11(20-8)21(18,19)17-12-9(14)4-7(13)5-10(12)15/h2-5,16-17H,6H2,1H3. The predicted octanol–water partition coefficient (Wildman–Crippen LogP) is 4.56. The van der Waals surface area contributed by atoms with Crippen LogP contribution in [0.15, 0.2) is 41.9 Å². The highest BCUT2D eigenvalue weighted by atomic mass is 79.9. The Kier molecular flexibility index (Phi) is 5.89. The average molecular weight is 519 g/mol. The molecule has 0 unspecified atom stereocenters. The summed E-state index contributed by atoms with van der Waals surface area (Å²) in [5, 5.41) is 3.00. The third kappa shape index (κ3) is 4.29. The minimum atomic E-state index is -3.60. The van der Waals surface area contributed by atoms with Gasteiger partial charge >= 0.3 is 0 Å². The molecule has 0 saturated carbocycles. The van der Waals surface area contributed by atoms with Crippen molar-refractivity contribution in [2.24, 2.45) is 0 Å². The maximum absolute atomic E-state index is 12.4. The maximum Gasteiger partial charge on any atom is 0.271 e. The number of rotatable bonds is 5. The number of anilines is 1. The molecule has 2 rings (SSSR count). The fourth-order valence-corrected chi connectivity index (χ4v) is 6.78. The van der Waals surface area contributed by atoms with Gasteiger partial charge in [0.15, 0.2) is 0 Å². The molecule has 114 valence electrons. The van der Waals surface area contributed by atoms with Crippen molar-refractivity contribution in [1.29, 1.82) is 0 Å². The molecule has 1 aromatic carbocycles. The van der Waals surface area contributed by atoms with Crippen molar-refractivity contribution in [2.75, 3.05) is 11.8 Å². The van der Waals surface area contributed by atoms with Crippen LogP contribution >= 0.6 is 59.1 Å². The molecule has 0 aliphatic carbocycles. The Morgan fingerprint density at radius 3 is 2.33 bits per heavy atom. The van der Waals surface area contributed by atoms with E-state index in [9.17, 15) is 8.42 Å². The monoisotopic (exact) mass is 516 g/mol. The predicted molar refractivity (Wildman–Crippen MR) is 97.4 cm³/mol. The number of thiophene rings is 1. The van der Waals surface area contributed by atoms with Crippen LogP contribution in [0.4, 0.5) is 5.69 Å². The van der Waals surface area contributed by atoms with Gasteiger partial charge in [0.2, 0.25) is 0 Å². The highest BCUT2D eigenvalue weighted by Crippen LogP contribution is 2.36. The third-order valence-corrected chi connectivity index (χ3v) is 7.13. The topological polar surface area (TPSA) is 58.2 Å². The molecule has 2 aromatic rings. The highest BCUT2D eigenvalue weighted by Gasteiger charge is 2.20. The first-order valence-corrected chi connectivity index (χ1v) is 10.4. The smallest absolute Gasteiger partial charge is 0.271 e. The molecule has 0 radical (unpaired) electrons. The Labute approximate surface area is 152 Å². The van der Waals surface area contributed by atoms with Crippen molar-refractivity contribution in [1.82, 2.24) is 5.32 Å². The number of halogens is 3. The molecule has 0 saturated heterocycles. The number of hydrogen-bond donors (Lipinski definition) is 2. The van der Waals surface area contributed by atoms with Crippen molar-refractivity contribution in [3.63, 3.8) is 0 Å². The first-order valence-electron chi connectivity index (χ1n) is 5.74. The van der Waals surface area contributed by atoms with Crippen LogP contribution in [-0.4, -0.2) is 15.5 Å². The highest BCUT2D eigenvalue weighted by molar-refractivity contribution is 9.11. The summed E-state index contributed by atoms with van der Waals surface area (Å²) in [5.41, 5.74) is 0.474. The summed E-state index contributed by atoms with van der Waals surface area (Å²) in [6.07, 6.45) is 0. The van der Waals surface area contributed by atoms with Crippen molar-refractivity contribution < 1.29 is 8.42 Å². The van der Waals surface area contributed by atoms with Crippen LogP contribution < -0.4 is 10.0 Å². The van der Waals surface area contributed by atoms with Crippen LogP contribution in [0.3, 0.4) is 0 Å². The van der Waals surface area contributed by atoms with Crippen molar-refractivity contribution >= 4 is 74.8 Å². The molecule has 0 bridgehead atoms. The Balaban J connectivity index is 2.33. The van der Waals surface area contributed by atoms with E-state index in [4.69, 9.17) is 0 Å².